The van der Waals surface area contributed by atoms with E-state index in [4.69, 9.17) is 11.6 Å². The lowest BCUT2D eigenvalue weighted by atomic mass is 9.95. The molecule has 0 radical (unpaired) electrons. The number of hydrogen-bond donors (Lipinski definition) is 3. The molecule has 1 aliphatic carbocycles. The van der Waals surface area contributed by atoms with Gasteiger partial charge in [0.15, 0.2) is 15.1 Å². The Morgan fingerprint density at radius 3 is 2.59 bits per heavy atom. The maximum atomic E-state index is 13.2. The number of aromatic amines is 1. The average Bonchev–Trinajstić information content (AvgIpc) is 3.71. The van der Waals surface area contributed by atoms with E-state index in [-0.39, 0.29) is 32.5 Å². The van der Waals surface area contributed by atoms with E-state index in [0.717, 1.165) is 41.9 Å². The summed E-state index contributed by atoms with van der Waals surface area (Å²) >= 11 is 8.33. The van der Waals surface area contributed by atoms with Crippen LogP contribution in [0.15, 0.2) is 62.8 Å². The normalized spacial score (nSPS) is 13.9. The summed E-state index contributed by atoms with van der Waals surface area (Å²) in [4.78, 5) is 31.4. The predicted molar refractivity (Wildman–Crippen MR) is 148 cm³/mol. The lowest BCUT2D eigenvalue weighted by Gasteiger charge is -2.14. The number of anilines is 2. The number of ketones is 1. The summed E-state index contributed by atoms with van der Waals surface area (Å²) in [5, 5.41) is 17.8. The zero-order valence-corrected chi connectivity index (χ0v) is 23.5. The van der Waals surface area contributed by atoms with E-state index >= 15 is 0 Å². The molecular weight excluding hydrogens is 582 g/mol. The topological polar surface area (TPSA) is 160 Å². The molecule has 1 aliphatic rings. The summed E-state index contributed by atoms with van der Waals surface area (Å²) in [6.45, 7) is 0. The number of carbonyl (C=O) groups is 2. The van der Waals surface area contributed by atoms with Crippen LogP contribution < -0.4 is 10.6 Å². The summed E-state index contributed by atoms with van der Waals surface area (Å²) < 4.78 is 26.3. The highest BCUT2D eigenvalue weighted by atomic mass is 35.5. The van der Waals surface area contributed by atoms with Crippen molar-refractivity contribution in [2.45, 2.75) is 45.7 Å². The van der Waals surface area contributed by atoms with Gasteiger partial charge >= 0.3 is 6.03 Å². The van der Waals surface area contributed by atoms with Crippen molar-refractivity contribution in [2.75, 3.05) is 10.6 Å². The zero-order valence-electron chi connectivity index (χ0n) is 20.3. The number of urea groups is 1. The lowest BCUT2D eigenvalue weighted by Crippen LogP contribution is -2.22. The van der Waals surface area contributed by atoms with Crippen LogP contribution in [-0.4, -0.2) is 45.8 Å². The third-order valence-electron chi connectivity index (χ3n) is 6.05. The van der Waals surface area contributed by atoms with Crippen molar-refractivity contribution in [2.24, 2.45) is 5.92 Å². The Bertz CT molecular complexity index is 1590. The van der Waals surface area contributed by atoms with Gasteiger partial charge in [0, 0.05) is 27.2 Å². The molecule has 1 fully saturated rings. The number of tetrazole rings is 1. The Hall–Kier alpha value is -3.33. The molecular formula is C24H22ClN7O4S3. The van der Waals surface area contributed by atoms with Gasteiger partial charge in [-0.1, -0.05) is 59.1 Å². The van der Waals surface area contributed by atoms with Crippen LogP contribution in [0.3, 0.4) is 0 Å². The van der Waals surface area contributed by atoms with Gasteiger partial charge in [0.1, 0.15) is 0 Å². The minimum absolute atomic E-state index is 0.0554. The standard InChI is InChI=1S/C24H22ClN7O4S3/c25-15-10-11-18(17(12-15)20(33)14-6-4-5-7-14)26-22(34)28-23-27-19(13-37-16-8-2-1-3-9-16)21(38-23)39(35,36)24-29-31-32-30-24/h1-3,8-12,14H,4-7,13H2,(H2,26,27,28,34)(H,29,30,31,32). The molecule has 0 saturated heterocycles. The first-order valence-electron chi connectivity index (χ1n) is 11.9. The molecule has 2 heterocycles. The molecule has 0 bridgehead atoms. The van der Waals surface area contributed by atoms with Gasteiger partial charge in [-0.3, -0.25) is 10.1 Å². The quantitative estimate of drug-likeness (QED) is 0.167. The largest absolute Gasteiger partial charge is 0.325 e. The van der Waals surface area contributed by atoms with Crippen molar-refractivity contribution in [3.8, 4) is 0 Å². The van der Waals surface area contributed by atoms with E-state index in [1.54, 1.807) is 18.2 Å². The molecule has 3 N–H and O–H groups in total. The Morgan fingerprint density at radius 1 is 1.10 bits per heavy atom. The Morgan fingerprint density at radius 2 is 1.87 bits per heavy atom. The summed E-state index contributed by atoms with van der Waals surface area (Å²) in [7, 11) is -4.12. The van der Waals surface area contributed by atoms with Gasteiger partial charge in [0.05, 0.1) is 11.4 Å². The van der Waals surface area contributed by atoms with Crippen LogP contribution in [0.5, 0.6) is 0 Å². The number of sulfone groups is 1. The van der Waals surface area contributed by atoms with E-state index in [1.165, 1.54) is 11.8 Å². The third kappa shape index (κ3) is 6.30. The smallest absolute Gasteiger partial charge is 0.307 e. The van der Waals surface area contributed by atoms with Crippen LogP contribution in [0.25, 0.3) is 0 Å². The van der Waals surface area contributed by atoms with Crippen molar-refractivity contribution in [1.29, 1.82) is 0 Å². The van der Waals surface area contributed by atoms with Crippen LogP contribution in [0.4, 0.5) is 15.6 Å². The molecule has 0 atom stereocenters. The van der Waals surface area contributed by atoms with Gasteiger partial charge in [0.25, 0.3) is 15.0 Å². The number of thiazole rings is 1. The number of halogens is 1. The summed E-state index contributed by atoms with van der Waals surface area (Å²) in [5.74, 6) is 0.0554. The van der Waals surface area contributed by atoms with Gasteiger partial charge in [-0.25, -0.2) is 23.3 Å². The fourth-order valence-corrected chi connectivity index (χ4v) is 7.95. The van der Waals surface area contributed by atoms with Gasteiger partial charge < -0.3 is 5.32 Å². The van der Waals surface area contributed by atoms with Crippen LogP contribution in [0.1, 0.15) is 41.7 Å². The van der Waals surface area contributed by atoms with Gasteiger partial charge in [-0.05, 0) is 53.6 Å². The second-order valence-electron chi connectivity index (χ2n) is 8.68. The Kier molecular flexibility index (Phi) is 8.26. The molecule has 15 heteroatoms. The first-order valence-corrected chi connectivity index (χ1v) is 15.6. The van der Waals surface area contributed by atoms with Crippen LogP contribution in [0, 0.1) is 5.92 Å². The fraction of sp³-hybridized carbons (Fsp3) is 0.250. The van der Waals surface area contributed by atoms with E-state index in [2.05, 4.69) is 36.2 Å². The molecule has 0 unspecified atom stereocenters. The van der Waals surface area contributed by atoms with E-state index in [9.17, 15) is 18.0 Å². The number of amides is 2. The summed E-state index contributed by atoms with van der Waals surface area (Å²) in [6, 6.07) is 13.5. The molecule has 202 valence electrons. The Labute approximate surface area is 237 Å². The number of thioether (sulfide) groups is 1. The van der Waals surface area contributed by atoms with Crippen LogP contribution >= 0.6 is 34.7 Å². The molecule has 0 aliphatic heterocycles. The highest BCUT2D eigenvalue weighted by Gasteiger charge is 2.30. The number of hydrogen-bond acceptors (Lipinski definition) is 10. The third-order valence-corrected chi connectivity index (χ3v) is 10.4. The Balaban J connectivity index is 1.38. The highest BCUT2D eigenvalue weighted by molar-refractivity contribution is 7.98. The van der Waals surface area contributed by atoms with Crippen molar-refractivity contribution in [3.05, 3.63) is 64.8 Å². The lowest BCUT2D eigenvalue weighted by molar-refractivity contribution is 0.0923. The molecule has 2 amide bonds. The van der Waals surface area contributed by atoms with Crippen molar-refractivity contribution < 1.29 is 18.0 Å². The molecule has 5 rings (SSSR count). The second-order valence-corrected chi connectivity index (χ2v) is 13.2. The number of Topliss-reactive ketones (excluding diaryl/α,β-unsaturated/α-hetero) is 1. The summed E-state index contributed by atoms with van der Waals surface area (Å²) in [6.07, 6.45) is 3.59. The van der Waals surface area contributed by atoms with Crippen molar-refractivity contribution in [1.82, 2.24) is 25.6 Å². The van der Waals surface area contributed by atoms with Crippen molar-refractivity contribution >= 4 is 67.2 Å². The molecule has 2 aromatic heterocycles. The zero-order chi connectivity index (χ0) is 27.4. The second kappa shape index (κ2) is 11.8. The number of H-pyrrole nitrogens is 1. The van der Waals surface area contributed by atoms with E-state index in [0.29, 0.717) is 16.3 Å². The first-order chi connectivity index (χ1) is 18.8. The minimum atomic E-state index is -4.12. The molecule has 11 nitrogen and oxygen atoms in total. The van der Waals surface area contributed by atoms with Crippen LogP contribution in [-0.2, 0) is 15.6 Å². The predicted octanol–water partition coefficient (Wildman–Crippen LogP) is 5.45. The number of nitrogens with one attached hydrogen (secondary N) is 3. The molecule has 4 aromatic rings. The van der Waals surface area contributed by atoms with Gasteiger partial charge in [-0.15, -0.1) is 11.8 Å². The number of carbonyl (C=O) groups excluding carboxylic acids is 2. The number of nitrogens with zero attached hydrogens (tertiary/aromatic N) is 4. The molecule has 0 spiro atoms. The van der Waals surface area contributed by atoms with Crippen molar-refractivity contribution in [3.63, 3.8) is 0 Å². The van der Waals surface area contributed by atoms with Gasteiger partial charge in [-0.2, -0.15) is 0 Å². The first kappa shape index (κ1) is 27.2. The van der Waals surface area contributed by atoms with E-state index < -0.39 is 21.0 Å². The van der Waals surface area contributed by atoms with Crippen LogP contribution in [0.2, 0.25) is 5.02 Å². The van der Waals surface area contributed by atoms with Gasteiger partial charge in [0.2, 0.25) is 0 Å². The molecule has 39 heavy (non-hydrogen) atoms. The SMILES string of the molecule is O=C(Nc1nc(CSc2ccccc2)c(S(=O)(=O)c2nnn[nH]2)s1)Nc1ccc(Cl)cc1C(=O)C1CCCC1. The average molecular weight is 604 g/mol. The highest BCUT2D eigenvalue weighted by Crippen LogP contribution is 2.35. The number of rotatable bonds is 9. The maximum Gasteiger partial charge on any atom is 0.325 e. The number of benzene rings is 2. The molecule has 1 saturated carbocycles. The maximum absolute atomic E-state index is 13.2. The summed E-state index contributed by atoms with van der Waals surface area (Å²) in [5.41, 5.74) is 0.889. The number of aromatic nitrogens is 5. The molecule has 2 aromatic carbocycles. The minimum Gasteiger partial charge on any atom is -0.307 e. The van der Waals surface area contributed by atoms with E-state index in [1.807, 2.05) is 30.3 Å². The fourth-order valence-electron chi connectivity index (χ4n) is 4.20. The monoisotopic (exact) mass is 603 g/mol.